The highest BCUT2D eigenvalue weighted by atomic mass is 35.5. The van der Waals surface area contributed by atoms with Gasteiger partial charge in [0.05, 0.1) is 0 Å². The second-order valence-corrected chi connectivity index (χ2v) is 7.48. The number of nitrogens with one attached hydrogen (secondary N) is 1. The lowest BCUT2D eigenvalue weighted by molar-refractivity contribution is -0.149. The highest BCUT2D eigenvalue weighted by molar-refractivity contribution is 6.30. The van der Waals surface area contributed by atoms with Crippen LogP contribution in [0.15, 0.2) is 24.3 Å². The number of carbonyl (C=O) groups is 3. The van der Waals surface area contributed by atoms with Crippen molar-refractivity contribution in [3.8, 4) is 0 Å². The molecule has 1 saturated carbocycles. The summed E-state index contributed by atoms with van der Waals surface area (Å²) in [6, 6.07) is 6.42. The smallest absolute Gasteiger partial charge is 0.326 e. The van der Waals surface area contributed by atoms with Crippen molar-refractivity contribution in [3.63, 3.8) is 0 Å². The molecule has 0 radical (unpaired) electrons. The van der Waals surface area contributed by atoms with Gasteiger partial charge < -0.3 is 10.1 Å². The zero-order valence-electron chi connectivity index (χ0n) is 14.8. The van der Waals surface area contributed by atoms with Gasteiger partial charge in [-0.25, -0.2) is 4.79 Å². The van der Waals surface area contributed by atoms with E-state index in [9.17, 15) is 14.4 Å². The Kier molecular flexibility index (Phi) is 5.51. The first-order valence-corrected chi connectivity index (χ1v) is 9.35. The van der Waals surface area contributed by atoms with Crippen LogP contribution in [0.4, 0.5) is 4.79 Å². The third kappa shape index (κ3) is 3.85. The number of ether oxygens (including phenoxy) is 1. The molecule has 26 heavy (non-hydrogen) atoms. The van der Waals surface area contributed by atoms with Gasteiger partial charge in [-0.15, -0.1) is 0 Å². The summed E-state index contributed by atoms with van der Waals surface area (Å²) in [5.41, 5.74) is -0.0477. The van der Waals surface area contributed by atoms with E-state index in [2.05, 4.69) is 12.2 Å². The number of nitrogens with zero attached hydrogens (tertiary/aromatic N) is 1. The fraction of sp³-hybridized carbons (Fsp3) is 0.526. The number of hydrogen-bond acceptors (Lipinski definition) is 4. The molecule has 0 aromatic heterocycles. The molecule has 0 unspecified atom stereocenters. The number of benzene rings is 1. The predicted molar refractivity (Wildman–Crippen MR) is 96.5 cm³/mol. The minimum atomic E-state index is -0.834. The number of hydrogen-bond donors (Lipinski definition) is 1. The summed E-state index contributed by atoms with van der Waals surface area (Å²) in [7, 11) is 0. The van der Waals surface area contributed by atoms with Crippen LogP contribution in [-0.4, -0.2) is 34.9 Å². The lowest BCUT2D eigenvalue weighted by Crippen LogP contribution is -2.49. The molecule has 7 heteroatoms. The third-order valence-electron chi connectivity index (χ3n) is 5.38. The number of halogens is 1. The summed E-state index contributed by atoms with van der Waals surface area (Å²) in [5, 5.41) is 3.41. The van der Waals surface area contributed by atoms with E-state index >= 15 is 0 Å². The lowest BCUT2D eigenvalue weighted by Gasteiger charge is -2.34. The second kappa shape index (κ2) is 7.66. The molecule has 1 spiro atoms. The summed E-state index contributed by atoms with van der Waals surface area (Å²) in [4.78, 5) is 38.0. The molecule has 0 bridgehead atoms. The van der Waals surface area contributed by atoms with E-state index in [0.717, 1.165) is 29.7 Å². The maximum Gasteiger partial charge on any atom is 0.326 e. The van der Waals surface area contributed by atoms with E-state index < -0.39 is 17.5 Å². The fourth-order valence-corrected chi connectivity index (χ4v) is 3.78. The van der Waals surface area contributed by atoms with Crippen molar-refractivity contribution >= 4 is 29.5 Å². The van der Waals surface area contributed by atoms with E-state index in [-0.39, 0.29) is 19.1 Å². The maximum atomic E-state index is 12.8. The van der Waals surface area contributed by atoms with E-state index in [1.165, 1.54) is 0 Å². The van der Waals surface area contributed by atoms with E-state index in [4.69, 9.17) is 16.3 Å². The average molecular weight is 379 g/mol. The van der Waals surface area contributed by atoms with Gasteiger partial charge in [-0.3, -0.25) is 14.5 Å². The summed E-state index contributed by atoms with van der Waals surface area (Å²) in [6.07, 6.45) is 4.17. The monoisotopic (exact) mass is 378 g/mol. The van der Waals surface area contributed by atoms with Crippen molar-refractivity contribution in [2.24, 2.45) is 5.92 Å². The average Bonchev–Trinajstić information content (AvgIpc) is 2.86. The van der Waals surface area contributed by atoms with Crippen molar-refractivity contribution in [1.82, 2.24) is 10.2 Å². The maximum absolute atomic E-state index is 12.8. The first-order chi connectivity index (χ1) is 12.4. The summed E-state index contributed by atoms with van der Waals surface area (Å²) in [6.45, 7) is 1.85. The summed E-state index contributed by atoms with van der Waals surface area (Å²) < 4.78 is 5.18. The standard InChI is InChI=1S/C19H23ClN2O4/c1-2-13-7-9-19(10-8-13)17(24)22(18(25)21-19)11-16(23)26-12-14-3-5-15(20)6-4-14/h3-6,13H,2,7-12H2,1H3,(H,21,25). The normalized spacial score (nSPS) is 25.5. The molecular formula is C19H23ClN2O4. The number of amides is 3. The summed E-state index contributed by atoms with van der Waals surface area (Å²) in [5.74, 6) is -0.313. The molecule has 1 aromatic carbocycles. The number of rotatable bonds is 5. The lowest BCUT2D eigenvalue weighted by atomic mass is 9.75. The molecule has 3 amide bonds. The first kappa shape index (κ1) is 18.7. The first-order valence-electron chi connectivity index (χ1n) is 8.98. The van der Waals surface area contributed by atoms with Crippen LogP contribution in [0.2, 0.25) is 5.02 Å². The second-order valence-electron chi connectivity index (χ2n) is 7.04. The van der Waals surface area contributed by atoms with Crippen LogP contribution in [0.3, 0.4) is 0 Å². The number of carbonyl (C=O) groups excluding carboxylic acids is 3. The fourth-order valence-electron chi connectivity index (χ4n) is 3.66. The van der Waals surface area contributed by atoms with Gasteiger partial charge >= 0.3 is 12.0 Å². The van der Waals surface area contributed by atoms with Gasteiger partial charge in [0.25, 0.3) is 5.91 Å². The van der Waals surface area contributed by atoms with Crippen molar-refractivity contribution in [2.45, 2.75) is 51.2 Å². The molecule has 1 aromatic rings. The van der Waals surface area contributed by atoms with Crippen LogP contribution < -0.4 is 5.32 Å². The number of esters is 1. The zero-order chi connectivity index (χ0) is 18.7. The Morgan fingerprint density at radius 3 is 2.54 bits per heavy atom. The Hall–Kier alpha value is -2.08. The van der Waals surface area contributed by atoms with Crippen molar-refractivity contribution in [2.75, 3.05) is 6.54 Å². The minimum Gasteiger partial charge on any atom is -0.459 e. The molecule has 1 N–H and O–H groups in total. The van der Waals surface area contributed by atoms with Crippen LogP contribution in [0.1, 0.15) is 44.6 Å². The quantitative estimate of drug-likeness (QED) is 0.630. The molecule has 6 nitrogen and oxygen atoms in total. The summed E-state index contributed by atoms with van der Waals surface area (Å²) >= 11 is 5.81. The predicted octanol–water partition coefficient (Wildman–Crippen LogP) is 3.27. The molecular weight excluding hydrogens is 356 g/mol. The third-order valence-corrected chi connectivity index (χ3v) is 5.63. The molecule has 2 aliphatic rings. The van der Waals surface area contributed by atoms with Crippen molar-refractivity contribution in [3.05, 3.63) is 34.9 Å². The Balaban J connectivity index is 1.56. The van der Waals surface area contributed by atoms with Crippen LogP contribution in [0, 0.1) is 5.92 Å². The minimum absolute atomic E-state index is 0.0724. The Morgan fingerprint density at radius 2 is 1.92 bits per heavy atom. The molecule has 1 saturated heterocycles. The van der Waals surface area contributed by atoms with E-state index in [0.29, 0.717) is 23.8 Å². The Morgan fingerprint density at radius 1 is 1.27 bits per heavy atom. The Labute approximate surface area is 157 Å². The van der Waals surface area contributed by atoms with Crippen LogP contribution in [-0.2, 0) is 20.9 Å². The van der Waals surface area contributed by atoms with E-state index in [1.54, 1.807) is 24.3 Å². The van der Waals surface area contributed by atoms with Gasteiger partial charge in [0.1, 0.15) is 18.7 Å². The topological polar surface area (TPSA) is 75.7 Å². The number of imide groups is 1. The van der Waals surface area contributed by atoms with Crippen molar-refractivity contribution < 1.29 is 19.1 Å². The highest BCUT2D eigenvalue weighted by Crippen LogP contribution is 2.37. The van der Waals surface area contributed by atoms with Gasteiger partial charge in [-0.05, 0) is 49.3 Å². The largest absolute Gasteiger partial charge is 0.459 e. The molecule has 1 aliphatic heterocycles. The van der Waals surface area contributed by atoms with Crippen molar-refractivity contribution in [1.29, 1.82) is 0 Å². The van der Waals surface area contributed by atoms with Gasteiger partial charge in [0.15, 0.2) is 0 Å². The molecule has 140 valence electrons. The molecule has 3 rings (SSSR count). The zero-order valence-corrected chi connectivity index (χ0v) is 15.6. The highest BCUT2D eigenvalue weighted by Gasteiger charge is 2.52. The SMILES string of the molecule is CCC1CCC2(CC1)NC(=O)N(CC(=O)OCc1ccc(Cl)cc1)C2=O. The van der Waals surface area contributed by atoms with Crippen LogP contribution in [0.5, 0.6) is 0 Å². The van der Waals surface area contributed by atoms with Crippen LogP contribution in [0.25, 0.3) is 0 Å². The molecule has 1 aliphatic carbocycles. The Bertz CT molecular complexity index is 696. The van der Waals surface area contributed by atoms with Gasteiger partial charge in [-0.1, -0.05) is 37.1 Å². The van der Waals surface area contributed by atoms with Gasteiger partial charge in [-0.2, -0.15) is 0 Å². The van der Waals surface area contributed by atoms with Gasteiger partial charge in [0.2, 0.25) is 0 Å². The molecule has 0 atom stereocenters. The number of urea groups is 1. The molecule has 1 heterocycles. The van der Waals surface area contributed by atoms with Crippen LogP contribution >= 0.6 is 11.6 Å². The van der Waals surface area contributed by atoms with Gasteiger partial charge in [0, 0.05) is 5.02 Å². The molecule has 2 fully saturated rings. The van der Waals surface area contributed by atoms with E-state index in [1.807, 2.05) is 0 Å².